The molecule has 1 atom stereocenters. The van der Waals surface area contributed by atoms with E-state index in [4.69, 9.17) is 27.9 Å². The molecule has 3 rings (SSSR count). The monoisotopic (exact) mass is 462 g/mol. The molecule has 0 radical (unpaired) electrons. The second-order valence-corrected chi connectivity index (χ2v) is 8.39. The van der Waals surface area contributed by atoms with Crippen molar-refractivity contribution in [1.29, 1.82) is 0 Å². The van der Waals surface area contributed by atoms with E-state index in [2.05, 4.69) is 0 Å². The largest absolute Gasteiger partial charge is 0.507 e. The lowest BCUT2D eigenvalue weighted by atomic mass is 9.95. The molecule has 1 fully saturated rings. The molecular formula is C23H24Cl2N2O4. The highest BCUT2D eigenvalue weighted by Crippen LogP contribution is 2.40. The van der Waals surface area contributed by atoms with Gasteiger partial charge in [-0.1, -0.05) is 35.3 Å². The number of amides is 1. The summed E-state index contributed by atoms with van der Waals surface area (Å²) in [5.74, 6) is -1.20. The summed E-state index contributed by atoms with van der Waals surface area (Å²) in [5.41, 5.74) is 1.05. The Kier molecular flexibility index (Phi) is 7.26. The first-order valence-electron chi connectivity index (χ1n) is 9.77. The van der Waals surface area contributed by atoms with Gasteiger partial charge in [0.05, 0.1) is 23.7 Å². The van der Waals surface area contributed by atoms with Crippen molar-refractivity contribution in [1.82, 2.24) is 9.80 Å². The van der Waals surface area contributed by atoms with Crippen LogP contribution in [0.5, 0.6) is 5.75 Å². The van der Waals surface area contributed by atoms with Gasteiger partial charge in [0.2, 0.25) is 0 Å². The maximum atomic E-state index is 13.0. The molecule has 0 spiro atoms. The third-order valence-corrected chi connectivity index (χ3v) is 5.70. The minimum atomic E-state index is -0.728. The van der Waals surface area contributed by atoms with Gasteiger partial charge in [0.1, 0.15) is 11.5 Å². The van der Waals surface area contributed by atoms with Crippen molar-refractivity contribution < 1.29 is 19.4 Å². The molecule has 1 aliphatic heterocycles. The van der Waals surface area contributed by atoms with Crippen LogP contribution in [0.1, 0.15) is 23.6 Å². The van der Waals surface area contributed by atoms with Gasteiger partial charge in [-0.3, -0.25) is 9.59 Å². The number of carbonyl (C=O) groups is 2. The van der Waals surface area contributed by atoms with Crippen molar-refractivity contribution in [2.24, 2.45) is 0 Å². The van der Waals surface area contributed by atoms with Crippen LogP contribution in [0, 0.1) is 0 Å². The van der Waals surface area contributed by atoms with E-state index in [1.54, 1.807) is 36.4 Å². The van der Waals surface area contributed by atoms with Crippen LogP contribution >= 0.6 is 23.2 Å². The highest BCUT2D eigenvalue weighted by Gasteiger charge is 2.45. The Morgan fingerprint density at radius 1 is 1.13 bits per heavy atom. The number of methoxy groups -OCH3 is 1. The number of likely N-dealkylation sites (tertiary alicyclic amines) is 1. The highest BCUT2D eigenvalue weighted by atomic mass is 35.5. The lowest BCUT2D eigenvalue weighted by Crippen LogP contribution is -2.32. The molecule has 0 aliphatic carbocycles. The Labute approximate surface area is 191 Å². The predicted molar refractivity (Wildman–Crippen MR) is 122 cm³/mol. The molecule has 1 aliphatic rings. The molecule has 0 aromatic heterocycles. The van der Waals surface area contributed by atoms with Gasteiger partial charge in [0.25, 0.3) is 11.7 Å². The fourth-order valence-electron chi connectivity index (χ4n) is 3.63. The van der Waals surface area contributed by atoms with Crippen LogP contribution in [0.4, 0.5) is 0 Å². The second-order valence-electron chi connectivity index (χ2n) is 7.55. The Morgan fingerprint density at radius 3 is 2.39 bits per heavy atom. The van der Waals surface area contributed by atoms with Crippen LogP contribution in [-0.4, -0.2) is 60.9 Å². The zero-order chi connectivity index (χ0) is 22.7. The molecular weight excluding hydrogens is 439 g/mol. The quantitative estimate of drug-likeness (QED) is 0.375. The number of ketones is 1. The average Bonchev–Trinajstić information content (AvgIpc) is 2.98. The molecule has 1 saturated heterocycles. The molecule has 2 aromatic rings. The van der Waals surface area contributed by atoms with E-state index in [0.29, 0.717) is 34.9 Å². The van der Waals surface area contributed by atoms with Gasteiger partial charge in [-0.15, -0.1) is 0 Å². The zero-order valence-electron chi connectivity index (χ0n) is 17.6. The van der Waals surface area contributed by atoms with E-state index in [0.717, 1.165) is 6.54 Å². The maximum Gasteiger partial charge on any atom is 0.295 e. The number of rotatable bonds is 7. The number of halogens is 2. The summed E-state index contributed by atoms with van der Waals surface area (Å²) in [6, 6.07) is 10.9. The van der Waals surface area contributed by atoms with Crippen molar-refractivity contribution >= 4 is 40.7 Å². The third kappa shape index (κ3) is 4.87. The fourth-order valence-corrected chi connectivity index (χ4v) is 4.01. The van der Waals surface area contributed by atoms with Gasteiger partial charge in [0, 0.05) is 17.1 Å². The lowest BCUT2D eigenvalue weighted by molar-refractivity contribution is -0.139. The maximum absolute atomic E-state index is 13.0. The number of benzene rings is 2. The summed E-state index contributed by atoms with van der Waals surface area (Å²) in [6.07, 6.45) is 0.679. The second kappa shape index (κ2) is 9.73. The van der Waals surface area contributed by atoms with Gasteiger partial charge in [0.15, 0.2) is 0 Å². The van der Waals surface area contributed by atoms with Crippen molar-refractivity contribution in [2.45, 2.75) is 12.5 Å². The lowest BCUT2D eigenvalue weighted by Gasteiger charge is -2.26. The summed E-state index contributed by atoms with van der Waals surface area (Å²) < 4.78 is 5.15. The molecule has 164 valence electrons. The van der Waals surface area contributed by atoms with E-state index < -0.39 is 17.7 Å². The highest BCUT2D eigenvalue weighted by molar-refractivity contribution is 6.46. The minimum absolute atomic E-state index is 0.0263. The van der Waals surface area contributed by atoms with E-state index in [-0.39, 0.29) is 16.4 Å². The molecule has 1 unspecified atom stereocenters. The molecule has 0 saturated carbocycles. The summed E-state index contributed by atoms with van der Waals surface area (Å²) in [5, 5.41) is 11.9. The number of aliphatic hydroxyl groups is 1. The first kappa shape index (κ1) is 23.1. The smallest absolute Gasteiger partial charge is 0.295 e. The molecule has 31 heavy (non-hydrogen) atoms. The first-order chi connectivity index (χ1) is 14.7. The molecule has 8 heteroatoms. The minimum Gasteiger partial charge on any atom is -0.507 e. The normalized spacial score (nSPS) is 18.1. The molecule has 2 aromatic carbocycles. The molecule has 0 bridgehead atoms. The number of hydrogen-bond acceptors (Lipinski definition) is 5. The SMILES string of the molecule is COc1ccc(/C(O)=C2/C(=O)C(=O)N(CCCN(C)C)C2c2ccc(Cl)cc2)cc1Cl. The standard InChI is InChI=1S/C23H24Cl2N2O4/c1-26(2)11-4-12-27-20(14-5-8-16(24)9-6-14)19(22(29)23(27)30)21(28)15-7-10-18(31-3)17(25)13-15/h5-10,13,20,28H,4,11-12H2,1-3H3/b21-19-. The number of Topliss-reactive ketones (excluding diaryl/α,β-unsaturated/α-hetero) is 1. The van der Waals surface area contributed by atoms with Crippen molar-refractivity contribution in [3.63, 3.8) is 0 Å². The van der Waals surface area contributed by atoms with Gasteiger partial charge in [-0.25, -0.2) is 0 Å². The van der Waals surface area contributed by atoms with Gasteiger partial charge >= 0.3 is 0 Å². The molecule has 1 N–H and O–H groups in total. The Balaban J connectivity index is 2.10. The fraction of sp³-hybridized carbons (Fsp3) is 0.304. The Morgan fingerprint density at radius 2 is 1.81 bits per heavy atom. The number of hydrogen-bond donors (Lipinski definition) is 1. The van der Waals surface area contributed by atoms with Gasteiger partial charge in [-0.05, 0) is 63.0 Å². The van der Waals surface area contributed by atoms with Crippen LogP contribution in [0.3, 0.4) is 0 Å². The van der Waals surface area contributed by atoms with E-state index in [1.807, 2.05) is 19.0 Å². The molecule has 6 nitrogen and oxygen atoms in total. The Hall–Kier alpha value is -2.54. The van der Waals surface area contributed by atoms with Crippen molar-refractivity contribution in [2.75, 3.05) is 34.3 Å². The first-order valence-corrected chi connectivity index (χ1v) is 10.5. The predicted octanol–water partition coefficient (Wildman–Crippen LogP) is 4.38. The molecule has 1 amide bonds. The van der Waals surface area contributed by atoms with Gasteiger partial charge < -0.3 is 19.6 Å². The number of aliphatic hydroxyl groups excluding tert-OH is 1. The molecule has 1 heterocycles. The van der Waals surface area contributed by atoms with E-state index in [1.165, 1.54) is 18.1 Å². The topological polar surface area (TPSA) is 70.1 Å². The van der Waals surface area contributed by atoms with E-state index in [9.17, 15) is 14.7 Å². The van der Waals surface area contributed by atoms with Crippen LogP contribution < -0.4 is 4.74 Å². The summed E-state index contributed by atoms with van der Waals surface area (Å²) in [7, 11) is 5.37. The van der Waals surface area contributed by atoms with Crippen LogP contribution in [0.2, 0.25) is 10.0 Å². The van der Waals surface area contributed by atoms with Crippen LogP contribution in [-0.2, 0) is 9.59 Å². The zero-order valence-corrected chi connectivity index (χ0v) is 19.1. The number of ether oxygens (including phenoxy) is 1. The number of carbonyl (C=O) groups excluding carboxylic acids is 2. The van der Waals surface area contributed by atoms with E-state index >= 15 is 0 Å². The summed E-state index contributed by atoms with van der Waals surface area (Å²) in [6.45, 7) is 1.13. The van der Waals surface area contributed by atoms with Gasteiger partial charge in [-0.2, -0.15) is 0 Å². The Bertz CT molecular complexity index is 1020. The average molecular weight is 463 g/mol. The number of nitrogens with zero attached hydrogens (tertiary/aromatic N) is 2. The van der Waals surface area contributed by atoms with Crippen molar-refractivity contribution in [3.05, 3.63) is 69.2 Å². The third-order valence-electron chi connectivity index (χ3n) is 5.16. The van der Waals surface area contributed by atoms with Crippen LogP contribution in [0.15, 0.2) is 48.0 Å². The summed E-state index contributed by atoms with van der Waals surface area (Å²) in [4.78, 5) is 29.4. The van der Waals surface area contributed by atoms with Crippen LogP contribution in [0.25, 0.3) is 5.76 Å². The summed E-state index contributed by atoms with van der Waals surface area (Å²) >= 11 is 12.2. The van der Waals surface area contributed by atoms with Crippen molar-refractivity contribution in [3.8, 4) is 5.75 Å².